The van der Waals surface area contributed by atoms with Crippen molar-refractivity contribution in [3.8, 4) is 0 Å². The Bertz CT molecular complexity index is 608. The number of thiol groups is 1. The molecule has 0 heterocycles. The molecule has 0 saturated carbocycles. The van der Waals surface area contributed by atoms with Gasteiger partial charge in [-0.15, -0.1) is 0 Å². The van der Waals surface area contributed by atoms with Gasteiger partial charge >= 0.3 is 5.97 Å². The molecule has 0 fully saturated rings. The Morgan fingerprint density at radius 1 is 0.879 bits per heavy atom. The minimum atomic E-state index is -0.295. The minimum absolute atomic E-state index is 0.0833. The van der Waals surface area contributed by atoms with Crippen molar-refractivity contribution in [1.82, 2.24) is 0 Å². The molecule has 0 aromatic rings. The summed E-state index contributed by atoms with van der Waals surface area (Å²) in [6.45, 7) is 6.03. The van der Waals surface area contributed by atoms with Gasteiger partial charge in [-0.25, -0.2) is 0 Å². The molecule has 0 spiro atoms. The highest BCUT2D eigenvalue weighted by atomic mass is 32.1. The molecule has 0 bridgehead atoms. The molecule has 2 unspecified atom stereocenters. The zero-order valence-electron chi connectivity index (χ0n) is 21.7. The topological polar surface area (TPSA) is 43.4 Å². The van der Waals surface area contributed by atoms with Gasteiger partial charge in [0.25, 0.3) is 0 Å². The van der Waals surface area contributed by atoms with Gasteiger partial charge in [0.1, 0.15) is 6.10 Å². The van der Waals surface area contributed by atoms with Crippen molar-refractivity contribution in [2.45, 2.75) is 136 Å². The number of Topliss-reactive ketones (excluding diaryl/α,β-unsaturated/α-hetero) is 1. The van der Waals surface area contributed by atoms with Crippen LogP contribution in [0.4, 0.5) is 0 Å². The Hall–Kier alpha value is -1.03. The third kappa shape index (κ3) is 14.1. The summed E-state index contributed by atoms with van der Waals surface area (Å²) >= 11 is 4.04. The van der Waals surface area contributed by atoms with E-state index in [9.17, 15) is 9.59 Å². The number of carbonyl (C=O) groups excluding carboxylic acids is 2. The van der Waals surface area contributed by atoms with Gasteiger partial charge < -0.3 is 4.74 Å². The average molecular weight is 479 g/mol. The highest BCUT2D eigenvalue weighted by Gasteiger charge is 2.24. The molecule has 3 nitrogen and oxygen atoms in total. The van der Waals surface area contributed by atoms with Gasteiger partial charge in [0.2, 0.25) is 0 Å². The van der Waals surface area contributed by atoms with Crippen molar-refractivity contribution in [3.05, 3.63) is 23.3 Å². The standard InChI is InChI=1S/C29H50O3S/c1-4-5-6-7-8-9-10-11-12-13-14-15-16-17-18-19-20-27(32-28(30)23-33)26-21-24(2)29(31)25(3)22-26/h21-22,24,27,33H,4-20,23H2,1-3H3. The van der Waals surface area contributed by atoms with Crippen LogP contribution < -0.4 is 0 Å². The van der Waals surface area contributed by atoms with Crippen LogP contribution in [0.15, 0.2) is 23.3 Å². The van der Waals surface area contributed by atoms with E-state index in [0.717, 1.165) is 30.4 Å². The Labute approximate surface area is 209 Å². The normalized spacial score (nSPS) is 17.0. The zero-order valence-corrected chi connectivity index (χ0v) is 22.6. The lowest BCUT2D eigenvalue weighted by Gasteiger charge is -2.23. The van der Waals surface area contributed by atoms with Gasteiger partial charge in [0.05, 0.1) is 5.75 Å². The van der Waals surface area contributed by atoms with E-state index in [1.54, 1.807) is 0 Å². The molecule has 190 valence electrons. The number of ether oxygens (including phenoxy) is 1. The summed E-state index contributed by atoms with van der Waals surface area (Å²) in [5, 5.41) is 0. The number of unbranched alkanes of at least 4 members (excludes halogenated alkanes) is 15. The highest BCUT2D eigenvalue weighted by Crippen LogP contribution is 2.26. The van der Waals surface area contributed by atoms with Crippen LogP contribution in [-0.2, 0) is 14.3 Å². The van der Waals surface area contributed by atoms with Crippen LogP contribution in [0.5, 0.6) is 0 Å². The van der Waals surface area contributed by atoms with E-state index in [1.807, 2.05) is 26.0 Å². The Kier molecular flexibility index (Phi) is 17.5. The van der Waals surface area contributed by atoms with E-state index in [1.165, 1.54) is 89.9 Å². The van der Waals surface area contributed by atoms with Crippen LogP contribution in [0, 0.1) is 5.92 Å². The van der Waals surface area contributed by atoms with Crippen LogP contribution in [0.3, 0.4) is 0 Å². The van der Waals surface area contributed by atoms with Crippen molar-refractivity contribution in [2.24, 2.45) is 5.92 Å². The van der Waals surface area contributed by atoms with Crippen LogP contribution >= 0.6 is 12.6 Å². The van der Waals surface area contributed by atoms with Gasteiger partial charge in [-0.05, 0) is 37.0 Å². The number of carbonyl (C=O) groups is 2. The van der Waals surface area contributed by atoms with E-state index < -0.39 is 0 Å². The first-order chi connectivity index (χ1) is 16.0. The van der Waals surface area contributed by atoms with E-state index in [4.69, 9.17) is 4.74 Å². The van der Waals surface area contributed by atoms with Crippen molar-refractivity contribution in [3.63, 3.8) is 0 Å². The molecule has 1 rings (SSSR count). The van der Waals surface area contributed by atoms with Crippen LogP contribution in [-0.4, -0.2) is 23.6 Å². The summed E-state index contributed by atoms with van der Waals surface area (Å²) in [4.78, 5) is 23.9. The number of hydrogen-bond acceptors (Lipinski definition) is 4. The molecule has 0 radical (unpaired) electrons. The van der Waals surface area contributed by atoms with E-state index in [-0.39, 0.29) is 29.5 Å². The SMILES string of the molecule is CCCCCCCCCCCCCCCCCCC(OC(=O)CS)C1=CC(C)C(=O)C(C)=C1. The number of allylic oxidation sites excluding steroid dienone is 2. The van der Waals surface area contributed by atoms with Crippen LogP contribution in [0.25, 0.3) is 0 Å². The second-order valence-corrected chi connectivity index (χ2v) is 10.2. The smallest absolute Gasteiger partial charge is 0.316 e. The maximum Gasteiger partial charge on any atom is 0.316 e. The molecule has 0 aliphatic heterocycles. The maximum absolute atomic E-state index is 12.1. The van der Waals surface area contributed by atoms with E-state index in [2.05, 4.69) is 19.6 Å². The molecule has 1 aliphatic rings. The molecular formula is C29H50O3S. The van der Waals surface area contributed by atoms with Crippen LogP contribution in [0.2, 0.25) is 0 Å². The first-order valence-electron chi connectivity index (χ1n) is 13.7. The number of esters is 1. The maximum atomic E-state index is 12.1. The summed E-state index contributed by atoms with van der Waals surface area (Å²) in [5.74, 6) is -0.204. The predicted molar refractivity (Wildman–Crippen MR) is 144 cm³/mol. The second kappa shape index (κ2) is 19.3. The molecule has 0 saturated heterocycles. The summed E-state index contributed by atoms with van der Waals surface area (Å²) in [6.07, 6.45) is 25.9. The number of ketones is 1. The minimum Gasteiger partial charge on any atom is -0.457 e. The molecule has 0 aromatic heterocycles. The Morgan fingerprint density at radius 3 is 1.76 bits per heavy atom. The van der Waals surface area contributed by atoms with Crippen molar-refractivity contribution in [1.29, 1.82) is 0 Å². The third-order valence-corrected chi connectivity index (χ3v) is 6.98. The molecule has 0 N–H and O–H groups in total. The first kappa shape index (κ1) is 30.0. The molecule has 2 atom stereocenters. The van der Waals surface area contributed by atoms with Gasteiger partial charge in [-0.3, -0.25) is 9.59 Å². The third-order valence-electron chi connectivity index (χ3n) is 6.72. The lowest BCUT2D eigenvalue weighted by molar-refractivity contribution is -0.144. The van der Waals surface area contributed by atoms with E-state index >= 15 is 0 Å². The molecule has 0 amide bonds. The lowest BCUT2D eigenvalue weighted by atomic mass is 9.87. The average Bonchev–Trinajstić information content (AvgIpc) is 2.80. The highest BCUT2D eigenvalue weighted by molar-refractivity contribution is 7.81. The van der Waals surface area contributed by atoms with Crippen molar-refractivity contribution in [2.75, 3.05) is 5.75 Å². The fourth-order valence-electron chi connectivity index (χ4n) is 4.66. The molecular weight excluding hydrogens is 428 g/mol. The fourth-order valence-corrected chi connectivity index (χ4v) is 4.73. The summed E-state index contributed by atoms with van der Waals surface area (Å²) < 4.78 is 5.66. The summed E-state index contributed by atoms with van der Waals surface area (Å²) in [6, 6.07) is 0. The molecule has 4 heteroatoms. The van der Waals surface area contributed by atoms with Gasteiger partial charge in [0, 0.05) is 5.92 Å². The fraction of sp³-hybridized carbons (Fsp3) is 0.793. The van der Waals surface area contributed by atoms with E-state index in [0.29, 0.717) is 0 Å². The van der Waals surface area contributed by atoms with Crippen molar-refractivity contribution < 1.29 is 14.3 Å². The monoisotopic (exact) mass is 478 g/mol. The number of rotatable bonds is 20. The first-order valence-corrected chi connectivity index (χ1v) is 14.4. The molecule has 33 heavy (non-hydrogen) atoms. The Morgan fingerprint density at radius 2 is 1.33 bits per heavy atom. The van der Waals surface area contributed by atoms with Gasteiger partial charge in [0.15, 0.2) is 5.78 Å². The summed E-state index contributed by atoms with van der Waals surface area (Å²) in [7, 11) is 0. The Balaban J connectivity index is 2.11. The summed E-state index contributed by atoms with van der Waals surface area (Å²) in [5.41, 5.74) is 1.72. The van der Waals surface area contributed by atoms with Crippen LogP contribution in [0.1, 0.15) is 130 Å². The predicted octanol–water partition coefficient (Wildman–Crippen LogP) is 8.57. The lowest BCUT2D eigenvalue weighted by Crippen LogP contribution is -2.25. The van der Waals surface area contributed by atoms with Crippen molar-refractivity contribution >= 4 is 24.4 Å². The van der Waals surface area contributed by atoms with Gasteiger partial charge in [-0.1, -0.05) is 116 Å². The molecule has 1 aliphatic carbocycles. The molecule has 0 aromatic carbocycles. The van der Waals surface area contributed by atoms with Gasteiger partial charge in [-0.2, -0.15) is 12.6 Å². The largest absolute Gasteiger partial charge is 0.457 e. The zero-order chi connectivity index (χ0) is 24.3. The quantitative estimate of drug-likeness (QED) is 0.108. The second-order valence-electron chi connectivity index (χ2n) is 9.88. The number of hydrogen-bond donors (Lipinski definition) is 1.